The fourth-order valence-electron chi connectivity index (χ4n) is 2.64. The van der Waals surface area contributed by atoms with Crippen LogP contribution in [0.25, 0.3) is 0 Å². The molecule has 0 unspecified atom stereocenters. The number of imide groups is 1. The van der Waals surface area contributed by atoms with Gasteiger partial charge in [-0.1, -0.05) is 13.8 Å². The fourth-order valence-corrected chi connectivity index (χ4v) is 2.64. The van der Waals surface area contributed by atoms with E-state index in [0.29, 0.717) is 12.8 Å². The van der Waals surface area contributed by atoms with E-state index >= 15 is 0 Å². The second kappa shape index (κ2) is 8.11. The zero-order chi connectivity index (χ0) is 20.2. The van der Waals surface area contributed by atoms with Gasteiger partial charge in [0.1, 0.15) is 12.1 Å². The molecule has 4 amide bonds. The zero-order valence-electron chi connectivity index (χ0n) is 14.8. The van der Waals surface area contributed by atoms with Gasteiger partial charge in [-0.25, -0.2) is 13.6 Å². The SMILES string of the molecule is CCC1(CC)NC(=O)N(CC(=O)OCC(=O)Nc2ccc(F)c(F)c2)C1=O. The van der Waals surface area contributed by atoms with Crippen molar-refractivity contribution in [1.82, 2.24) is 10.2 Å². The van der Waals surface area contributed by atoms with Crippen molar-refractivity contribution >= 4 is 29.5 Å². The van der Waals surface area contributed by atoms with Gasteiger partial charge in [0.15, 0.2) is 18.2 Å². The van der Waals surface area contributed by atoms with Gasteiger partial charge in [0.25, 0.3) is 11.8 Å². The van der Waals surface area contributed by atoms with Crippen LogP contribution >= 0.6 is 0 Å². The highest BCUT2D eigenvalue weighted by Gasteiger charge is 2.49. The summed E-state index contributed by atoms with van der Waals surface area (Å²) in [5.74, 6) is -4.48. The minimum Gasteiger partial charge on any atom is -0.454 e. The molecule has 1 aliphatic heterocycles. The van der Waals surface area contributed by atoms with Crippen LogP contribution in [-0.2, 0) is 19.1 Å². The number of urea groups is 1. The van der Waals surface area contributed by atoms with E-state index < -0.39 is 54.1 Å². The Morgan fingerprint density at radius 1 is 1.19 bits per heavy atom. The summed E-state index contributed by atoms with van der Waals surface area (Å²) in [7, 11) is 0. The molecule has 1 heterocycles. The summed E-state index contributed by atoms with van der Waals surface area (Å²) in [6.45, 7) is 2.14. The number of esters is 1. The van der Waals surface area contributed by atoms with E-state index in [1.165, 1.54) is 0 Å². The molecule has 0 radical (unpaired) electrons. The maximum absolute atomic E-state index is 13.1. The van der Waals surface area contributed by atoms with Gasteiger partial charge in [0, 0.05) is 11.8 Å². The van der Waals surface area contributed by atoms with Gasteiger partial charge < -0.3 is 15.4 Å². The number of halogens is 2. The fraction of sp³-hybridized carbons (Fsp3) is 0.412. The first-order chi connectivity index (χ1) is 12.7. The van der Waals surface area contributed by atoms with Crippen LogP contribution in [0.2, 0.25) is 0 Å². The first-order valence-electron chi connectivity index (χ1n) is 8.27. The van der Waals surface area contributed by atoms with Crippen LogP contribution in [0.15, 0.2) is 18.2 Å². The lowest BCUT2D eigenvalue weighted by Gasteiger charge is -2.22. The van der Waals surface area contributed by atoms with E-state index in [1.54, 1.807) is 13.8 Å². The van der Waals surface area contributed by atoms with Gasteiger partial charge in [-0.05, 0) is 25.0 Å². The second-order valence-corrected chi connectivity index (χ2v) is 5.95. The molecule has 10 heteroatoms. The Kier molecular flexibility index (Phi) is 6.09. The molecule has 1 aromatic rings. The third-order valence-corrected chi connectivity index (χ3v) is 4.31. The summed E-state index contributed by atoms with van der Waals surface area (Å²) in [6, 6.07) is 2.05. The maximum atomic E-state index is 13.1. The van der Waals surface area contributed by atoms with E-state index in [-0.39, 0.29) is 5.69 Å². The standard InChI is InChI=1S/C17H19F2N3O5/c1-3-17(4-2)15(25)22(16(26)21-17)8-14(24)27-9-13(23)20-10-5-6-11(18)12(19)7-10/h5-7H,3-4,8-9H2,1-2H3,(H,20,23)(H,21,26). The molecule has 0 aliphatic carbocycles. The van der Waals surface area contributed by atoms with Gasteiger partial charge in [-0.3, -0.25) is 19.3 Å². The molecular formula is C17H19F2N3O5. The molecule has 0 aromatic heterocycles. The van der Waals surface area contributed by atoms with E-state index in [9.17, 15) is 28.0 Å². The number of nitrogens with one attached hydrogen (secondary N) is 2. The first kappa shape index (κ1) is 20.3. The van der Waals surface area contributed by atoms with E-state index in [1.807, 2.05) is 0 Å². The van der Waals surface area contributed by atoms with E-state index in [2.05, 4.69) is 10.6 Å². The molecule has 0 bridgehead atoms. The number of nitrogens with zero attached hydrogens (tertiary/aromatic N) is 1. The summed E-state index contributed by atoms with van der Waals surface area (Å²) < 4.78 is 30.6. The van der Waals surface area contributed by atoms with Gasteiger partial charge in [-0.15, -0.1) is 0 Å². The highest BCUT2D eigenvalue weighted by atomic mass is 19.2. The minimum absolute atomic E-state index is 0.0141. The molecule has 1 fully saturated rings. The summed E-state index contributed by atoms with van der Waals surface area (Å²) in [4.78, 5) is 48.6. The number of ether oxygens (including phenoxy) is 1. The number of carbonyl (C=O) groups is 4. The van der Waals surface area contributed by atoms with Crippen molar-refractivity contribution in [3.05, 3.63) is 29.8 Å². The summed E-state index contributed by atoms with van der Waals surface area (Å²) in [5.41, 5.74) is -1.05. The number of hydrogen-bond donors (Lipinski definition) is 2. The number of anilines is 1. The molecule has 0 atom stereocenters. The largest absolute Gasteiger partial charge is 0.454 e. The lowest BCUT2D eigenvalue weighted by Crippen LogP contribution is -2.46. The third kappa shape index (κ3) is 4.39. The normalized spacial score (nSPS) is 15.5. The van der Waals surface area contributed by atoms with E-state index in [0.717, 1.165) is 23.1 Å². The van der Waals surface area contributed by atoms with Gasteiger partial charge in [0.05, 0.1) is 0 Å². The zero-order valence-corrected chi connectivity index (χ0v) is 14.8. The summed E-state index contributed by atoms with van der Waals surface area (Å²) in [6.07, 6.45) is 0.743. The van der Waals surface area contributed by atoms with Crippen LogP contribution in [0.5, 0.6) is 0 Å². The summed E-state index contributed by atoms with van der Waals surface area (Å²) >= 11 is 0. The highest BCUT2D eigenvalue weighted by Crippen LogP contribution is 2.24. The lowest BCUT2D eigenvalue weighted by atomic mass is 9.93. The quantitative estimate of drug-likeness (QED) is 0.549. The molecule has 2 N–H and O–H groups in total. The second-order valence-electron chi connectivity index (χ2n) is 5.95. The van der Waals surface area contributed by atoms with Crippen molar-refractivity contribution in [3.63, 3.8) is 0 Å². The number of amides is 4. The molecule has 8 nitrogen and oxygen atoms in total. The Labute approximate surface area is 153 Å². The topological polar surface area (TPSA) is 105 Å². The Morgan fingerprint density at radius 3 is 2.41 bits per heavy atom. The molecule has 0 saturated carbocycles. The Bertz CT molecular complexity index is 780. The van der Waals surface area contributed by atoms with Crippen LogP contribution in [-0.4, -0.2) is 47.4 Å². The van der Waals surface area contributed by atoms with Crippen molar-refractivity contribution < 1.29 is 32.7 Å². The number of benzene rings is 1. The van der Waals surface area contributed by atoms with Crippen molar-refractivity contribution in [2.45, 2.75) is 32.2 Å². The van der Waals surface area contributed by atoms with Gasteiger partial charge in [-0.2, -0.15) is 0 Å². The van der Waals surface area contributed by atoms with Crippen molar-refractivity contribution in [2.75, 3.05) is 18.5 Å². The Balaban J connectivity index is 1.87. The molecule has 27 heavy (non-hydrogen) atoms. The Hall–Kier alpha value is -3.04. The maximum Gasteiger partial charge on any atom is 0.326 e. The molecule has 1 aliphatic rings. The van der Waals surface area contributed by atoms with Crippen LogP contribution in [0.1, 0.15) is 26.7 Å². The monoisotopic (exact) mass is 383 g/mol. The van der Waals surface area contributed by atoms with Gasteiger partial charge in [0.2, 0.25) is 0 Å². The highest BCUT2D eigenvalue weighted by molar-refractivity contribution is 6.08. The number of hydrogen-bond acceptors (Lipinski definition) is 5. The van der Waals surface area contributed by atoms with Crippen molar-refractivity contribution in [1.29, 1.82) is 0 Å². The average molecular weight is 383 g/mol. The molecule has 2 rings (SSSR count). The number of rotatable bonds is 7. The van der Waals surface area contributed by atoms with Crippen LogP contribution < -0.4 is 10.6 Å². The smallest absolute Gasteiger partial charge is 0.326 e. The molecule has 146 valence electrons. The van der Waals surface area contributed by atoms with Crippen LogP contribution in [0.4, 0.5) is 19.3 Å². The molecule has 1 saturated heterocycles. The molecule has 1 aromatic carbocycles. The predicted molar refractivity (Wildman–Crippen MR) is 89.5 cm³/mol. The average Bonchev–Trinajstić information content (AvgIpc) is 2.87. The third-order valence-electron chi connectivity index (χ3n) is 4.31. The predicted octanol–water partition coefficient (Wildman–Crippen LogP) is 1.56. The summed E-state index contributed by atoms with van der Waals surface area (Å²) in [5, 5.41) is 4.79. The van der Waals surface area contributed by atoms with Gasteiger partial charge >= 0.3 is 12.0 Å². The molecule has 0 spiro atoms. The number of carbonyl (C=O) groups excluding carboxylic acids is 4. The first-order valence-corrected chi connectivity index (χ1v) is 8.27. The lowest BCUT2D eigenvalue weighted by molar-refractivity contribution is -0.150. The van der Waals surface area contributed by atoms with Crippen LogP contribution in [0.3, 0.4) is 0 Å². The Morgan fingerprint density at radius 2 is 1.85 bits per heavy atom. The minimum atomic E-state index is -1.14. The van der Waals surface area contributed by atoms with Crippen molar-refractivity contribution in [3.8, 4) is 0 Å². The van der Waals surface area contributed by atoms with E-state index in [4.69, 9.17) is 4.74 Å². The molecular weight excluding hydrogens is 364 g/mol. The van der Waals surface area contributed by atoms with Crippen molar-refractivity contribution in [2.24, 2.45) is 0 Å². The van der Waals surface area contributed by atoms with Crippen LogP contribution in [0, 0.1) is 11.6 Å².